The molecule has 15 heteroatoms. The van der Waals surface area contributed by atoms with Crippen molar-refractivity contribution in [2.45, 2.75) is 12.5 Å². The van der Waals surface area contributed by atoms with Crippen molar-refractivity contribution in [1.82, 2.24) is 34.3 Å². The van der Waals surface area contributed by atoms with Crippen LogP contribution in [0.15, 0.2) is 60.9 Å². The number of halogens is 5. The summed E-state index contributed by atoms with van der Waals surface area (Å²) in [4.78, 5) is 8.98. The number of rotatable bonds is 7. The predicted octanol–water partition coefficient (Wildman–Crippen LogP) is 5.29. The van der Waals surface area contributed by atoms with Crippen LogP contribution in [-0.2, 0) is 13.5 Å². The Morgan fingerprint density at radius 1 is 0.947 bits per heavy atom. The number of fused-ring (bicyclic) bond motifs is 1. The van der Waals surface area contributed by atoms with E-state index in [0.29, 0.717) is 28.9 Å². The van der Waals surface area contributed by atoms with E-state index in [4.69, 9.17) is 17.3 Å². The maximum Gasteiger partial charge on any atom is 0.228 e. The van der Waals surface area contributed by atoms with Crippen LogP contribution in [-0.4, -0.2) is 41.4 Å². The Morgan fingerprint density at radius 2 is 1.68 bits per heavy atom. The molecule has 5 aromatic rings. The summed E-state index contributed by atoms with van der Waals surface area (Å²) in [6.07, 6.45) is 4.03. The second-order valence-corrected chi connectivity index (χ2v) is 8.24. The molecule has 0 spiro atoms. The van der Waals surface area contributed by atoms with Gasteiger partial charge in [0.15, 0.2) is 11.5 Å². The Hall–Kier alpha value is -2.86. The van der Waals surface area contributed by atoms with Crippen molar-refractivity contribution in [2.24, 2.45) is 12.8 Å². The van der Waals surface area contributed by atoms with E-state index < -0.39 is 0 Å². The Kier molecular flexibility index (Phi) is 12.5. The minimum Gasteiger partial charge on any atom is -0.374 e. The number of hydrogen-bond acceptors (Lipinski definition) is 8. The Labute approximate surface area is 249 Å². The first-order valence-corrected chi connectivity index (χ1v) is 11.0. The maximum atomic E-state index is 6.52. The summed E-state index contributed by atoms with van der Waals surface area (Å²) in [5, 5.41) is 20.0. The highest BCUT2D eigenvalue weighted by molar-refractivity contribution is 6.30. The molecular weight excluding hydrogens is 594 g/mol. The van der Waals surface area contributed by atoms with Gasteiger partial charge < -0.3 is 16.4 Å². The first-order valence-electron chi connectivity index (χ1n) is 10.7. The van der Waals surface area contributed by atoms with E-state index in [1.807, 2.05) is 67.0 Å². The molecule has 0 aliphatic carbocycles. The van der Waals surface area contributed by atoms with Gasteiger partial charge in [-0.25, -0.2) is 9.97 Å². The number of hydrogen-bond donors (Lipinski definition) is 3. The summed E-state index contributed by atoms with van der Waals surface area (Å²) in [7, 11) is 3.70. The van der Waals surface area contributed by atoms with Crippen LogP contribution in [0, 0.1) is 0 Å². The van der Waals surface area contributed by atoms with Gasteiger partial charge in [-0.2, -0.15) is 5.10 Å². The van der Waals surface area contributed by atoms with Gasteiger partial charge in [0.05, 0.1) is 17.9 Å². The van der Waals surface area contributed by atoms with Crippen LogP contribution in [0.25, 0.3) is 16.9 Å². The van der Waals surface area contributed by atoms with Gasteiger partial charge in [0.1, 0.15) is 11.6 Å². The van der Waals surface area contributed by atoms with Gasteiger partial charge in [0, 0.05) is 36.9 Å². The second kappa shape index (κ2) is 14.3. The average molecular weight is 621 g/mol. The molecular formula is C23H27Cl5N10. The normalized spacial score (nSPS) is 10.8. The molecule has 0 radical (unpaired) electrons. The highest BCUT2D eigenvalue weighted by Gasteiger charge is 2.18. The van der Waals surface area contributed by atoms with Crippen LogP contribution >= 0.6 is 61.2 Å². The van der Waals surface area contributed by atoms with Crippen LogP contribution < -0.4 is 16.4 Å². The summed E-state index contributed by atoms with van der Waals surface area (Å²) in [5.41, 5.74) is 9.89. The standard InChI is InChI=1S/C23H23ClN10.4ClH/c1-26-20-12-15(18-7-9-27-23(29-18)30-19-8-10-28-33(19)2)13-21-31-32-22(34(20)21)17(25)11-14-3-5-16(24)6-4-14;;;;/h3-10,12-13,17,26H,11,25H2,1-2H3,(H,27,29,30);4*1H. The van der Waals surface area contributed by atoms with Gasteiger partial charge >= 0.3 is 0 Å². The molecule has 0 saturated heterocycles. The van der Waals surface area contributed by atoms with Crippen molar-refractivity contribution in [3.63, 3.8) is 0 Å². The van der Waals surface area contributed by atoms with Crippen molar-refractivity contribution < 1.29 is 0 Å². The van der Waals surface area contributed by atoms with Gasteiger partial charge in [0.25, 0.3) is 0 Å². The molecule has 0 amide bonds. The zero-order valence-corrected chi connectivity index (χ0v) is 24.3. The molecule has 1 aromatic carbocycles. The third kappa shape index (κ3) is 6.96. The minimum absolute atomic E-state index is 0. The molecule has 38 heavy (non-hydrogen) atoms. The summed E-state index contributed by atoms with van der Waals surface area (Å²) in [5.74, 6) is 2.74. The monoisotopic (exact) mass is 618 g/mol. The number of pyridine rings is 1. The molecule has 5 rings (SSSR count). The van der Waals surface area contributed by atoms with Crippen molar-refractivity contribution in [1.29, 1.82) is 0 Å². The lowest BCUT2D eigenvalue weighted by Crippen LogP contribution is -2.18. The SMILES string of the molecule is CNc1cc(-c2ccnc(Nc3ccnn3C)n2)cc2nnc(C(N)Cc3ccc(Cl)cc3)n12.Cl.Cl.Cl.Cl. The maximum absolute atomic E-state index is 6.52. The lowest BCUT2D eigenvalue weighted by Gasteiger charge is -2.14. The predicted molar refractivity (Wildman–Crippen MR) is 161 cm³/mol. The summed E-state index contributed by atoms with van der Waals surface area (Å²) >= 11 is 6.00. The molecule has 204 valence electrons. The zero-order valence-electron chi connectivity index (χ0n) is 20.3. The molecule has 0 aliphatic rings. The lowest BCUT2D eigenvalue weighted by molar-refractivity contribution is 0.659. The van der Waals surface area contributed by atoms with Crippen molar-refractivity contribution in [2.75, 3.05) is 17.7 Å². The number of benzene rings is 1. The van der Waals surface area contributed by atoms with Crippen molar-refractivity contribution in [3.05, 3.63) is 77.3 Å². The van der Waals surface area contributed by atoms with E-state index in [1.165, 1.54) is 0 Å². The van der Waals surface area contributed by atoms with Crippen LogP contribution in [0.1, 0.15) is 17.4 Å². The first kappa shape index (κ1) is 33.2. The average Bonchev–Trinajstić information content (AvgIpc) is 3.46. The molecule has 4 aromatic heterocycles. The topological polar surface area (TPSA) is 124 Å². The van der Waals surface area contributed by atoms with Gasteiger partial charge in [-0.05, 0) is 42.3 Å². The molecule has 10 nitrogen and oxygen atoms in total. The van der Waals surface area contributed by atoms with Crippen molar-refractivity contribution in [3.8, 4) is 11.3 Å². The number of aromatic nitrogens is 7. The number of aryl methyl sites for hydroxylation is 1. The number of nitrogens with two attached hydrogens (primary N) is 1. The third-order valence-corrected chi connectivity index (χ3v) is 5.75. The zero-order chi connectivity index (χ0) is 23.7. The van der Waals surface area contributed by atoms with E-state index in [-0.39, 0.29) is 55.7 Å². The fourth-order valence-electron chi connectivity index (χ4n) is 3.77. The molecule has 1 unspecified atom stereocenters. The molecule has 4 N–H and O–H groups in total. The van der Waals surface area contributed by atoms with E-state index in [2.05, 4.69) is 35.9 Å². The van der Waals surface area contributed by atoms with Crippen molar-refractivity contribution >= 4 is 84.5 Å². The highest BCUT2D eigenvalue weighted by Crippen LogP contribution is 2.27. The van der Waals surface area contributed by atoms with Gasteiger partial charge in [-0.1, -0.05) is 23.7 Å². The smallest absolute Gasteiger partial charge is 0.228 e. The van der Waals surface area contributed by atoms with Crippen LogP contribution in [0.4, 0.5) is 17.6 Å². The Morgan fingerprint density at radius 3 is 2.34 bits per heavy atom. The fourth-order valence-corrected chi connectivity index (χ4v) is 3.90. The lowest BCUT2D eigenvalue weighted by atomic mass is 10.1. The Balaban J connectivity index is 0.00000180. The molecule has 1 atom stereocenters. The molecule has 0 aliphatic heterocycles. The van der Waals surface area contributed by atoms with Gasteiger partial charge in [-0.15, -0.1) is 59.8 Å². The third-order valence-electron chi connectivity index (χ3n) is 5.50. The van der Waals surface area contributed by atoms with Crippen LogP contribution in [0.2, 0.25) is 5.02 Å². The summed E-state index contributed by atoms with van der Waals surface area (Å²) < 4.78 is 3.65. The Bertz CT molecular complexity index is 1460. The molecule has 0 bridgehead atoms. The minimum atomic E-state index is -0.345. The van der Waals surface area contributed by atoms with Crippen LogP contribution in [0.5, 0.6) is 0 Å². The molecule has 0 fully saturated rings. The van der Waals surface area contributed by atoms with Crippen LogP contribution in [0.3, 0.4) is 0 Å². The number of anilines is 3. The van der Waals surface area contributed by atoms with E-state index in [1.54, 1.807) is 17.1 Å². The number of nitrogens with zero attached hydrogens (tertiary/aromatic N) is 7. The van der Waals surface area contributed by atoms with E-state index in [9.17, 15) is 0 Å². The first-order chi connectivity index (χ1) is 16.5. The number of nitrogens with one attached hydrogen (secondary N) is 2. The highest BCUT2D eigenvalue weighted by atomic mass is 35.5. The van der Waals surface area contributed by atoms with Gasteiger partial charge in [-0.3, -0.25) is 9.08 Å². The summed E-state index contributed by atoms with van der Waals surface area (Å²) in [6.45, 7) is 0. The van der Waals surface area contributed by atoms with E-state index >= 15 is 0 Å². The van der Waals surface area contributed by atoms with Gasteiger partial charge in [0.2, 0.25) is 5.95 Å². The molecule has 0 saturated carbocycles. The fraction of sp³-hybridized carbons (Fsp3) is 0.174. The quantitative estimate of drug-likeness (QED) is 0.224. The molecule has 4 heterocycles. The second-order valence-electron chi connectivity index (χ2n) is 7.80. The summed E-state index contributed by atoms with van der Waals surface area (Å²) in [6, 6.07) is 14.9. The largest absolute Gasteiger partial charge is 0.374 e. The van der Waals surface area contributed by atoms with E-state index in [0.717, 1.165) is 28.5 Å².